The Hall–Kier alpha value is -3.22. The fourth-order valence-corrected chi connectivity index (χ4v) is 3.94. The molecule has 166 valence electrons. The third-order valence-electron chi connectivity index (χ3n) is 5.33. The molecule has 0 bridgehead atoms. The molecule has 3 rings (SSSR count). The van der Waals surface area contributed by atoms with Crippen molar-refractivity contribution in [1.82, 2.24) is 15.5 Å². The molecule has 0 radical (unpaired) electrons. The Bertz CT molecular complexity index is 915. The number of methoxy groups -OCH3 is 2. The van der Waals surface area contributed by atoms with Gasteiger partial charge >= 0.3 is 6.03 Å². The van der Waals surface area contributed by atoms with Crippen LogP contribution in [-0.4, -0.2) is 50.2 Å². The van der Waals surface area contributed by atoms with Crippen molar-refractivity contribution in [2.75, 3.05) is 27.3 Å². The molecule has 31 heavy (non-hydrogen) atoms. The monoisotopic (exact) mass is 425 g/mol. The molecular formula is C24H31N3O4. The Kier molecular flexibility index (Phi) is 7.39. The molecule has 1 aliphatic rings. The lowest BCUT2D eigenvalue weighted by molar-refractivity contribution is -0.121. The quantitative estimate of drug-likeness (QED) is 0.714. The van der Waals surface area contributed by atoms with Gasteiger partial charge in [-0.25, -0.2) is 4.79 Å². The number of rotatable bonds is 7. The molecule has 7 nitrogen and oxygen atoms in total. The number of ether oxygens (including phenoxy) is 2. The minimum absolute atomic E-state index is 0.0734. The molecule has 0 spiro atoms. The van der Waals surface area contributed by atoms with Gasteiger partial charge in [-0.05, 0) is 49.1 Å². The van der Waals surface area contributed by atoms with Crippen molar-refractivity contribution in [3.05, 3.63) is 59.2 Å². The Morgan fingerprint density at radius 2 is 1.77 bits per heavy atom. The molecule has 0 saturated heterocycles. The van der Waals surface area contributed by atoms with Gasteiger partial charge in [-0.3, -0.25) is 4.79 Å². The average Bonchev–Trinajstić information content (AvgIpc) is 2.77. The van der Waals surface area contributed by atoms with E-state index in [0.717, 1.165) is 16.7 Å². The van der Waals surface area contributed by atoms with E-state index in [4.69, 9.17) is 9.47 Å². The van der Waals surface area contributed by atoms with Gasteiger partial charge in [-0.1, -0.05) is 30.3 Å². The number of carbonyl (C=O) groups excluding carboxylic acids is 2. The molecule has 2 N–H and O–H groups in total. The van der Waals surface area contributed by atoms with Crippen molar-refractivity contribution in [2.45, 2.75) is 38.8 Å². The smallest absolute Gasteiger partial charge is 0.318 e. The van der Waals surface area contributed by atoms with Gasteiger partial charge in [0, 0.05) is 25.6 Å². The molecule has 1 atom stereocenters. The Morgan fingerprint density at radius 3 is 2.42 bits per heavy atom. The van der Waals surface area contributed by atoms with E-state index in [0.29, 0.717) is 24.5 Å². The number of hydrogen-bond acceptors (Lipinski definition) is 4. The van der Waals surface area contributed by atoms with E-state index in [1.165, 1.54) is 0 Å². The molecule has 2 aromatic carbocycles. The first-order valence-corrected chi connectivity index (χ1v) is 10.6. The maximum Gasteiger partial charge on any atom is 0.318 e. The molecule has 2 aromatic rings. The zero-order chi connectivity index (χ0) is 22.4. The molecule has 0 saturated carbocycles. The topological polar surface area (TPSA) is 79.9 Å². The molecule has 0 unspecified atom stereocenters. The molecule has 7 heteroatoms. The van der Waals surface area contributed by atoms with Gasteiger partial charge < -0.3 is 25.0 Å². The van der Waals surface area contributed by atoms with Crippen LogP contribution >= 0.6 is 0 Å². The van der Waals surface area contributed by atoms with Crippen molar-refractivity contribution < 1.29 is 19.1 Å². The van der Waals surface area contributed by atoms with Crippen LogP contribution in [0.25, 0.3) is 0 Å². The van der Waals surface area contributed by atoms with Gasteiger partial charge in [0.1, 0.15) is 0 Å². The van der Waals surface area contributed by atoms with Crippen LogP contribution in [0.5, 0.6) is 11.5 Å². The summed E-state index contributed by atoms with van der Waals surface area (Å²) < 4.78 is 11.0. The van der Waals surface area contributed by atoms with Crippen LogP contribution in [0, 0.1) is 0 Å². The molecule has 0 aliphatic carbocycles. The van der Waals surface area contributed by atoms with E-state index >= 15 is 0 Å². The Labute approximate surface area is 183 Å². The first-order valence-electron chi connectivity index (χ1n) is 10.6. The molecule has 1 aliphatic heterocycles. The average molecular weight is 426 g/mol. The second-order valence-corrected chi connectivity index (χ2v) is 7.87. The van der Waals surface area contributed by atoms with Crippen LogP contribution in [0.2, 0.25) is 0 Å². The Morgan fingerprint density at radius 1 is 1.10 bits per heavy atom. The van der Waals surface area contributed by atoms with Crippen LogP contribution in [0.1, 0.15) is 43.0 Å². The van der Waals surface area contributed by atoms with E-state index in [-0.39, 0.29) is 37.0 Å². The highest BCUT2D eigenvalue weighted by Crippen LogP contribution is 2.40. The number of nitrogens with zero attached hydrogens (tertiary/aromatic N) is 1. The van der Waals surface area contributed by atoms with Gasteiger partial charge in [0.2, 0.25) is 5.91 Å². The van der Waals surface area contributed by atoms with Crippen LogP contribution in [0.4, 0.5) is 4.79 Å². The zero-order valence-corrected chi connectivity index (χ0v) is 18.6. The lowest BCUT2D eigenvalue weighted by Crippen LogP contribution is -2.46. The van der Waals surface area contributed by atoms with Crippen molar-refractivity contribution in [3.8, 4) is 11.5 Å². The highest BCUT2D eigenvalue weighted by atomic mass is 16.5. The van der Waals surface area contributed by atoms with E-state index in [9.17, 15) is 9.59 Å². The maximum atomic E-state index is 13.1. The van der Waals surface area contributed by atoms with Crippen molar-refractivity contribution in [2.24, 2.45) is 0 Å². The van der Waals surface area contributed by atoms with Gasteiger partial charge in [0.25, 0.3) is 0 Å². The number of fused-ring (bicyclic) bond motifs is 1. The summed E-state index contributed by atoms with van der Waals surface area (Å²) in [4.78, 5) is 26.8. The van der Waals surface area contributed by atoms with E-state index < -0.39 is 0 Å². The van der Waals surface area contributed by atoms with Crippen LogP contribution < -0.4 is 20.1 Å². The van der Waals surface area contributed by atoms with Gasteiger partial charge in [-0.2, -0.15) is 0 Å². The summed E-state index contributed by atoms with van der Waals surface area (Å²) in [5.41, 5.74) is 3.16. The van der Waals surface area contributed by atoms with Crippen molar-refractivity contribution in [1.29, 1.82) is 0 Å². The van der Waals surface area contributed by atoms with Crippen LogP contribution in [0.3, 0.4) is 0 Å². The molecular weight excluding hydrogens is 394 g/mol. The first-order chi connectivity index (χ1) is 14.9. The number of urea groups is 1. The predicted octanol–water partition coefficient (Wildman–Crippen LogP) is 3.28. The highest BCUT2D eigenvalue weighted by Gasteiger charge is 2.33. The molecule has 0 fully saturated rings. The van der Waals surface area contributed by atoms with Crippen LogP contribution in [0.15, 0.2) is 42.5 Å². The second-order valence-electron chi connectivity index (χ2n) is 7.87. The van der Waals surface area contributed by atoms with Gasteiger partial charge in [0.05, 0.1) is 20.3 Å². The maximum absolute atomic E-state index is 13.1. The summed E-state index contributed by atoms with van der Waals surface area (Å²) in [6.45, 7) is 4.67. The SMILES string of the molecule is COc1cc2c(cc1OC)[C@H](c1ccccc1)N(C(=O)NCCC(=O)NC(C)C)CC2. The van der Waals surface area contributed by atoms with Crippen molar-refractivity contribution in [3.63, 3.8) is 0 Å². The first kappa shape index (κ1) is 22.5. The fourth-order valence-electron chi connectivity index (χ4n) is 3.94. The Balaban J connectivity index is 1.85. The standard InChI is InChI=1S/C24H31N3O4/c1-16(2)26-22(28)10-12-25-24(29)27-13-11-18-14-20(30-3)21(31-4)15-19(18)23(27)17-8-6-5-7-9-17/h5-9,14-16,23H,10-13H2,1-4H3,(H,25,29)(H,26,28)/t23-/m0/s1. The van der Waals surface area contributed by atoms with Gasteiger partial charge in [-0.15, -0.1) is 0 Å². The summed E-state index contributed by atoms with van der Waals surface area (Å²) in [5.74, 6) is 1.24. The third kappa shape index (κ3) is 5.29. The van der Waals surface area contributed by atoms with E-state index in [1.807, 2.05) is 61.2 Å². The lowest BCUT2D eigenvalue weighted by Gasteiger charge is -2.38. The molecule has 0 aromatic heterocycles. The molecule has 1 heterocycles. The number of hydrogen-bond donors (Lipinski definition) is 2. The normalized spacial score (nSPS) is 15.3. The van der Waals surface area contributed by atoms with Gasteiger partial charge in [0.15, 0.2) is 11.5 Å². The number of nitrogens with one attached hydrogen (secondary N) is 2. The lowest BCUT2D eigenvalue weighted by atomic mass is 9.88. The largest absolute Gasteiger partial charge is 0.493 e. The molecule has 3 amide bonds. The number of carbonyl (C=O) groups is 2. The summed E-state index contributed by atoms with van der Waals surface area (Å²) in [6.07, 6.45) is 0.954. The summed E-state index contributed by atoms with van der Waals surface area (Å²) in [6, 6.07) is 13.5. The summed E-state index contributed by atoms with van der Waals surface area (Å²) >= 11 is 0. The predicted molar refractivity (Wildman–Crippen MR) is 120 cm³/mol. The highest BCUT2D eigenvalue weighted by molar-refractivity contribution is 5.79. The summed E-state index contributed by atoms with van der Waals surface area (Å²) in [5, 5.41) is 5.75. The zero-order valence-electron chi connectivity index (χ0n) is 18.6. The van der Waals surface area contributed by atoms with E-state index in [2.05, 4.69) is 10.6 Å². The van der Waals surface area contributed by atoms with Crippen LogP contribution in [-0.2, 0) is 11.2 Å². The van der Waals surface area contributed by atoms with Crippen molar-refractivity contribution >= 4 is 11.9 Å². The second kappa shape index (κ2) is 10.2. The summed E-state index contributed by atoms with van der Waals surface area (Å²) in [7, 11) is 3.23. The minimum Gasteiger partial charge on any atom is -0.493 e. The van der Waals surface area contributed by atoms with E-state index in [1.54, 1.807) is 14.2 Å². The minimum atomic E-state index is -0.255. The third-order valence-corrected chi connectivity index (χ3v) is 5.33. The number of amides is 3. The fraction of sp³-hybridized carbons (Fsp3) is 0.417. The number of benzene rings is 2.